The van der Waals surface area contributed by atoms with Gasteiger partial charge in [0.25, 0.3) is 0 Å². The molecule has 2 aliphatic heterocycles. The molecule has 5 rings (SSSR count). The smallest absolute Gasteiger partial charge is 0.239 e. The molecule has 2 saturated heterocycles. The van der Waals surface area contributed by atoms with Crippen LogP contribution >= 0.6 is 0 Å². The number of amides is 2. The fourth-order valence-electron chi connectivity index (χ4n) is 4.96. The molecular weight excluding hydrogens is 446 g/mol. The average Bonchev–Trinajstić information content (AvgIpc) is 3.54. The largest absolute Gasteiger partial charge is 0.458 e. The fourth-order valence-corrected chi connectivity index (χ4v) is 4.96. The van der Waals surface area contributed by atoms with Gasteiger partial charge in [-0.15, -0.1) is 0 Å². The number of piperidine rings is 1. The van der Waals surface area contributed by atoms with Gasteiger partial charge in [-0.3, -0.25) is 14.5 Å². The SMILES string of the molecule is Cc1cc(C)n(-c2cc(NC(=O)CN3CCC(N4CCCC4=O)CC3)nc(-c3ccc(C)o3)n2)n1. The van der Waals surface area contributed by atoms with Crippen LogP contribution in [0.4, 0.5) is 5.82 Å². The van der Waals surface area contributed by atoms with E-state index < -0.39 is 0 Å². The normalized spacial score (nSPS) is 17.3. The third kappa shape index (κ3) is 5.12. The van der Waals surface area contributed by atoms with E-state index in [4.69, 9.17) is 4.42 Å². The average molecular weight is 478 g/mol. The van der Waals surface area contributed by atoms with Crippen LogP contribution in [0.3, 0.4) is 0 Å². The highest BCUT2D eigenvalue weighted by atomic mass is 16.3. The lowest BCUT2D eigenvalue weighted by Crippen LogP contribution is -2.47. The summed E-state index contributed by atoms with van der Waals surface area (Å²) < 4.78 is 7.47. The second-order valence-electron chi connectivity index (χ2n) is 9.43. The molecule has 0 unspecified atom stereocenters. The molecule has 0 bridgehead atoms. The molecule has 3 aromatic heterocycles. The fraction of sp³-hybridized carbons (Fsp3) is 0.480. The van der Waals surface area contributed by atoms with Crippen LogP contribution in [-0.2, 0) is 9.59 Å². The van der Waals surface area contributed by atoms with Gasteiger partial charge in [0.05, 0.1) is 12.2 Å². The summed E-state index contributed by atoms with van der Waals surface area (Å²) in [5.41, 5.74) is 1.81. The van der Waals surface area contributed by atoms with Crippen molar-refractivity contribution < 1.29 is 14.0 Å². The topological polar surface area (TPSA) is 109 Å². The lowest BCUT2D eigenvalue weighted by Gasteiger charge is -2.36. The number of hydrogen-bond acceptors (Lipinski definition) is 7. The number of nitrogens with one attached hydrogen (secondary N) is 1. The van der Waals surface area contributed by atoms with Crippen molar-refractivity contribution >= 4 is 17.6 Å². The summed E-state index contributed by atoms with van der Waals surface area (Å²) in [6, 6.07) is 7.66. The highest BCUT2D eigenvalue weighted by Gasteiger charge is 2.31. The van der Waals surface area contributed by atoms with E-state index in [1.165, 1.54) is 0 Å². The number of aryl methyl sites for hydroxylation is 3. The van der Waals surface area contributed by atoms with Crippen molar-refractivity contribution in [2.24, 2.45) is 0 Å². The van der Waals surface area contributed by atoms with Crippen LogP contribution in [0.2, 0.25) is 0 Å². The Bertz CT molecular complexity index is 1240. The summed E-state index contributed by atoms with van der Waals surface area (Å²) in [7, 11) is 0. The number of aromatic nitrogens is 4. The Hall–Kier alpha value is -3.53. The van der Waals surface area contributed by atoms with Crippen molar-refractivity contribution in [1.29, 1.82) is 0 Å². The van der Waals surface area contributed by atoms with Crippen LogP contribution in [0.15, 0.2) is 28.7 Å². The van der Waals surface area contributed by atoms with Gasteiger partial charge in [0.1, 0.15) is 11.6 Å². The van der Waals surface area contributed by atoms with Gasteiger partial charge in [-0.2, -0.15) is 5.10 Å². The van der Waals surface area contributed by atoms with Crippen LogP contribution < -0.4 is 5.32 Å². The van der Waals surface area contributed by atoms with Crippen molar-refractivity contribution in [2.75, 3.05) is 31.5 Å². The molecule has 0 spiro atoms. The zero-order valence-electron chi connectivity index (χ0n) is 20.5. The lowest BCUT2D eigenvalue weighted by molar-refractivity contribution is -0.130. The number of carbonyl (C=O) groups excluding carboxylic acids is 2. The summed E-state index contributed by atoms with van der Waals surface area (Å²) in [5.74, 6) is 2.75. The van der Waals surface area contributed by atoms with Gasteiger partial charge in [0, 0.05) is 43.9 Å². The van der Waals surface area contributed by atoms with Gasteiger partial charge in [0.15, 0.2) is 17.4 Å². The lowest BCUT2D eigenvalue weighted by atomic mass is 10.0. The third-order valence-corrected chi connectivity index (χ3v) is 6.64. The van der Waals surface area contributed by atoms with Crippen molar-refractivity contribution in [1.82, 2.24) is 29.5 Å². The Kier molecular flexibility index (Phi) is 6.38. The van der Waals surface area contributed by atoms with Crippen LogP contribution in [0, 0.1) is 20.8 Å². The molecule has 2 fully saturated rings. The van der Waals surface area contributed by atoms with Crippen LogP contribution in [0.1, 0.15) is 42.8 Å². The Morgan fingerprint density at radius 1 is 1.11 bits per heavy atom. The molecule has 10 nitrogen and oxygen atoms in total. The van der Waals surface area contributed by atoms with E-state index in [9.17, 15) is 9.59 Å². The number of rotatable bonds is 6. The molecule has 184 valence electrons. The van der Waals surface area contributed by atoms with Gasteiger partial charge in [0.2, 0.25) is 11.8 Å². The molecule has 5 heterocycles. The molecule has 3 aromatic rings. The molecule has 0 aromatic carbocycles. The molecule has 10 heteroatoms. The molecule has 1 N–H and O–H groups in total. The van der Waals surface area contributed by atoms with Crippen molar-refractivity contribution in [3.8, 4) is 17.4 Å². The Labute approximate surface area is 204 Å². The molecule has 2 amide bonds. The molecule has 2 aliphatic rings. The van der Waals surface area contributed by atoms with Gasteiger partial charge in [-0.1, -0.05) is 0 Å². The molecule has 0 atom stereocenters. The van der Waals surface area contributed by atoms with E-state index >= 15 is 0 Å². The molecule has 0 aliphatic carbocycles. The summed E-state index contributed by atoms with van der Waals surface area (Å²) in [5, 5.41) is 7.46. The summed E-state index contributed by atoms with van der Waals surface area (Å²) in [4.78, 5) is 38.3. The number of carbonyl (C=O) groups is 2. The summed E-state index contributed by atoms with van der Waals surface area (Å²) >= 11 is 0. The summed E-state index contributed by atoms with van der Waals surface area (Å²) in [6.45, 7) is 8.46. The predicted octanol–water partition coefficient (Wildman–Crippen LogP) is 2.87. The number of likely N-dealkylation sites (tertiary alicyclic amines) is 2. The Balaban J connectivity index is 1.29. The second-order valence-corrected chi connectivity index (χ2v) is 9.43. The van der Waals surface area contributed by atoms with Crippen LogP contribution in [0.25, 0.3) is 17.4 Å². The minimum Gasteiger partial charge on any atom is -0.458 e. The van der Waals surface area contributed by atoms with Gasteiger partial charge in [-0.05, 0) is 58.2 Å². The number of hydrogen-bond donors (Lipinski definition) is 1. The van der Waals surface area contributed by atoms with Crippen LogP contribution in [-0.4, -0.2) is 73.6 Å². The zero-order valence-corrected chi connectivity index (χ0v) is 20.5. The van der Waals surface area contributed by atoms with Gasteiger partial charge >= 0.3 is 0 Å². The maximum Gasteiger partial charge on any atom is 0.239 e. The third-order valence-electron chi connectivity index (χ3n) is 6.64. The second kappa shape index (κ2) is 9.61. The van der Waals surface area contributed by atoms with E-state index in [1.54, 1.807) is 10.7 Å². The molecule has 0 saturated carbocycles. The molecule has 0 radical (unpaired) electrons. The van der Waals surface area contributed by atoms with Crippen molar-refractivity contribution in [3.05, 3.63) is 41.4 Å². The standard InChI is InChI=1S/C25H31N7O3/c1-16-13-17(2)32(29-16)22-14-21(27-25(28-22)20-7-6-18(3)35-20)26-23(33)15-30-11-8-19(9-12-30)31-10-4-5-24(31)34/h6-7,13-14,19H,4-5,8-12,15H2,1-3H3,(H,26,27,28,33). The number of nitrogens with zero attached hydrogens (tertiary/aromatic N) is 6. The zero-order chi connectivity index (χ0) is 24.5. The first-order chi connectivity index (χ1) is 16.9. The highest BCUT2D eigenvalue weighted by Crippen LogP contribution is 2.24. The highest BCUT2D eigenvalue weighted by molar-refractivity contribution is 5.91. The molecule has 35 heavy (non-hydrogen) atoms. The van der Waals surface area contributed by atoms with Crippen molar-refractivity contribution in [3.63, 3.8) is 0 Å². The van der Waals surface area contributed by atoms with E-state index in [-0.39, 0.29) is 18.4 Å². The van der Waals surface area contributed by atoms with E-state index in [0.29, 0.717) is 35.7 Å². The van der Waals surface area contributed by atoms with Crippen LogP contribution in [0.5, 0.6) is 0 Å². The number of anilines is 1. The first kappa shape index (κ1) is 23.2. The summed E-state index contributed by atoms with van der Waals surface area (Å²) in [6.07, 6.45) is 3.42. The van der Waals surface area contributed by atoms with Crippen molar-refractivity contribution in [2.45, 2.75) is 52.5 Å². The number of furan rings is 1. The van der Waals surface area contributed by atoms with Gasteiger partial charge in [-0.25, -0.2) is 14.6 Å². The monoisotopic (exact) mass is 477 g/mol. The minimum absolute atomic E-state index is 0.139. The Morgan fingerprint density at radius 3 is 2.54 bits per heavy atom. The first-order valence-electron chi connectivity index (χ1n) is 12.2. The van der Waals surface area contributed by atoms with E-state index in [1.807, 2.05) is 43.9 Å². The maximum absolute atomic E-state index is 12.9. The quantitative estimate of drug-likeness (QED) is 0.581. The first-order valence-corrected chi connectivity index (χ1v) is 12.2. The maximum atomic E-state index is 12.9. The van der Waals surface area contributed by atoms with E-state index in [0.717, 1.165) is 56.0 Å². The Morgan fingerprint density at radius 2 is 1.91 bits per heavy atom. The van der Waals surface area contributed by atoms with E-state index in [2.05, 4.69) is 25.3 Å². The predicted molar refractivity (Wildman–Crippen MR) is 130 cm³/mol. The minimum atomic E-state index is -0.139. The van der Waals surface area contributed by atoms with Gasteiger partial charge < -0.3 is 14.6 Å². The molecular formula is C25H31N7O3.